The van der Waals surface area contributed by atoms with Crippen LogP contribution < -0.4 is 5.32 Å². The molecule has 2 aromatic heterocycles. The van der Waals surface area contributed by atoms with E-state index >= 15 is 0 Å². The topological polar surface area (TPSA) is 55.1 Å². The second-order valence-corrected chi connectivity index (χ2v) is 5.79. The van der Waals surface area contributed by atoms with Crippen LogP contribution in [0.25, 0.3) is 21.0 Å². The van der Waals surface area contributed by atoms with E-state index in [9.17, 15) is 4.79 Å². The monoisotopic (exact) mass is 300 g/mol. The number of unbranched alkanes of at least 4 members (excludes halogenated alkanes) is 1. The van der Waals surface area contributed by atoms with Gasteiger partial charge in [-0.2, -0.15) is 0 Å². The Kier molecular flexibility index (Phi) is 4.01. The van der Waals surface area contributed by atoms with E-state index in [-0.39, 0.29) is 5.91 Å². The van der Waals surface area contributed by atoms with Crippen LogP contribution in [0, 0.1) is 0 Å². The summed E-state index contributed by atoms with van der Waals surface area (Å²) in [6, 6.07) is 11.4. The molecular formula is C16H16N2O2S. The minimum atomic E-state index is -0.171. The molecule has 0 aliphatic heterocycles. The van der Waals surface area contributed by atoms with Gasteiger partial charge in [0.2, 0.25) is 0 Å². The number of carbonyl (C=O) groups is 1. The minimum Gasteiger partial charge on any atom is -0.448 e. The van der Waals surface area contributed by atoms with Crippen molar-refractivity contribution < 1.29 is 9.21 Å². The third kappa shape index (κ3) is 2.97. The molecule has 3 aromatic rings. The van der Waals surface area contributed by atoms with Crippen molar-refractivity contribution in [2.75, 3.05) is 6.54 Å². The van der Waals surface area contributed by atoms with Gasteiger partial charge in [0.15, 0.2) is 16.5 Å². The Bertz CT molecular complexity index is 727. The largest absolute Gasteiger partial charge is 0.448 e. The molecule has 4 nitrogen and oxygen atoms in total. The van der Waals surface area contributed by atoms with Crippen LogP contribution >= 0.6 is 11.3 Å². The van der Waals surface area contributed by atoms with Gasteiger partial charge in [0.05, 0.1) is 10.2 Å². The minimum absolute atomic E-state index is 0.171. The zero-order chi connectivity index (χ0) is 14.7. The Morgan fingerprint density at radius 3 is 2.95 bits per heavy atom. The Balaban J connectivity index is 1.79. The van der Waals surface area contributed by atoms with Crippen molar-refractivity contribution in [1.29, 1.82) is 0 Å². The molecule has 0 unspecified atom stereocenters. The van der Waals surface area contributed by atoms with Crippen molar-refractivity contribution in [3.63, 3.8) is 0 Å². The molecule has 1 amide bonds. The normalized spacial score (nSPS) is 10.9. The Hall–Kier alpha value is -2.14. The highest BCUT2D eigenvalue weighted by Crippen LogP contribution is 2.30. The molecule has 0 spiro atoms. The molecule has 0 saturated carbocycles. The number of amides is 1. The van der Waals surface area contributed by atoms with Crippen molar-refractivity contribution in [3.05, 3.63) is 42.2 Å². The summed E-state index contributed by atoms with van der Waals surface area (Å²) in [4.78, 5) is 16.4. The molecule has 0 atom stereocenters. The maximum absolute atomic E-state index is 11.9. The second kappa shape index (κ2) is 6.10. The first-order valence-corrected chi connectivity index (χ1v) is 7.83. The first-order valence-electron chi connectivity index (χ1n) is 7.02. The summed E-state index contributed by atoms with van der Waals surface area (Å²) in [5, 5.41) is 3.64. The first kappa shape index (κ1) is 13.8. The van der Waals surface area contributed by atoms with E-state index in [1.54, 1.807) is 23.5 Å². The molecule has 3 rings (SSSR count). The van der Waals surface area contributed by atoms with Crippen LogP contribution in [0.2, 0.25) is 0 Å². The van der Waals surface area contributed by atoms with Gasteiger partial charge in [0.25, 0.3) is 5.91 Å². The first-order chi connectivity index (χ1) is 10.3. The highest BCUT2D eigenvalue weighted by Gasteiger charge is 2.14. The smallest absolute Gasteiger partial charge is 0.287 e. The molecule has 5 heteroatoms. The van der Waals surface area contributed by atoms with Crippen LogP contribution in [0.4, 0.5) is 0 Å². The van der Waals surface area contributed by atoms with Crippen LogP contribution in [0.1, 0.15) is 30.3 Å². The second-order valence-electron chi connectivity index (χ2n) is 4.76. The van der Waals surface area contributed by atoms with Crippen LogP contribution in [-0.2, 0) is 0 Å². The predicted octanol–water partition coefficient (Wildman–Crippen LogP) is 4.09. The maximum Gasteiger partial charge on any atom is 0.287 e. The maximum atomic E-state index is 11.9. The van der Waals surface area contributed by atoms with Gasteiger partial charge in [-0.05, 0) is 30.7 Å². The lowest BCUT2D eigenvalue weighted by Gasteiger charge is -2.00. The lowest BCUT2D eigenvalue weighted by molar-refractivity contribution is 0.0926. The number of para-hydroxylation sites is 1. The molecule has 0 aliphatic carbocycles. The SMILES string of the molecule is CCCCNC(=O)c1ccc(-c2nc3ccccc3s2)o1. The van der Waals surface area contributed by atoms with Gasteiger partial charge < -0.3 is 9.73 Å². The molecule has 21 heavy (non-hydrogen) atoms. The van der Waals surface area contributed by atoms with Crippen molar-refractivity contribution in [1.82, 2.24) is 10.3 Å². The van der Waals surface area contributed by atoms with Crippen molar-refractivity contribution >= 4 is 27.5 Å². The van der Waals surface area contributed by atoms with Crippen molar-refractivity contribution in [3.8, 4) is 10.8 Å². The summed E-state index contributed by atoms with van der Waals surface area (Å²) >= 11 is 1.56. The molecular weight excluding hydrogens is 284 g/mol. The molecule has 2 heterocycles. The number of furan rings is 1. The van der Waals surface area contributed by atoms with Crippen LogP contribution in [0.15, 0.2) is 40.8 Å². The van der Waals surface area contributed by atoms with E-state index in [4.69, 9.17) is 4.42 Å². The van der Waals surface area contributed by atoms with Gasteiger partial charge in [0.1, 0.15) is 0 Å². The fourth-order valence-corrected chi connectivity index (χ4v) is 2.95. The molecule has 0 bridgehead atoms. The van der Waals surface area contributed by atoms with Gasteiger partial charge >= 0.3 is 0 Å². The number of thiazole rings is 1. The molecule has 0 radical (unpaired) electrons. The average Bonchev–Trinajstić information content (AvgIpc) is 3.13. The van der Waals surface area contributed by atoms with E-state index in [0.717, 1.165) is 28.1 Å². The zero-order valence-corrected chi connectivity index (χ0v) is 12.6. The van der Waals surface area contributed by atoms with Crippen molar-refractivity contribution in [2.45, 2.75) is 19.8 Å². The number of carbonyl (C=O) groups excluding carboxylic acids is 1. The summed E-state index contributed by atoms with van der Waals surface area (Å²) in [5.74, 6) is 0.799. The van der Waals surface area contributed by atoms with Gasteiger partial charge in [0, 0.05) is 6.54 Å². The summed E-state index contributed by atoms with van der Waals surface area (Å²) in [6.45, 7) is 2.76. The van der Waals surface area contributed by atoms with Gasteiger partial charge in [-0.1, -0.05) is 25.5 Å². The molecule has 0 fully saturated rings. The van der Waals surface area contributed by atoms with Crippen LogP contribution in [0.5, 0.6) is 0 Å². The fourth-order valence-electron chi connectivity index (χ4n) is 2.02. The van der Waals surface area contributed by atoms with Gasteiger partial charge in [-0.3, -0.25) is 4.79 Å². The van der Waals surface area contributed by atoms with Gasteiger partial charge in [-0.15, -0.1) is 11.3 Å². The van der Waals surface area contributed by atoms with E-state index in [1.807, 2.05) is 24.3 Å². The molecule has 1 aromatic carbocycles. The van der Waals surface area contributed by atoms with Crippen LogP contribution in [-0.4, -0.2) is 17.4 Å². The standard InChI is InChI=1S/C16H16N2O2S/c1-2-3-10-17-15(19)12-8-9-13(20-12)16-18-11-6-4-5-7-14(11)21-16/h4-9H,2-3,10H2,1H3,(H,17,19). The number of hydrogen-bond donors (Lipinski definition) is 1. The number of nitrogens with one attached hydrogen (secondary N) is 1. The fraction of sp³-hybridized carbons (Fsp3) is 0.250. The van der Waals surface area contributed by atoms with Crippen LogP contribution in [0.3, 0.4) is 0 Å². The van der Waals surface area contributed by atoms with E-state index < -0.39 is 0 Å². The number of benzene rings is 1. The summed E-state index contributed by atoms with van der Waals surface area (Å²) < 4.78 is 6.74. The number of nitrogens with zero attached hydrogens (tertiary/aromatic N) is 1. The van der Waals surface area contributed by atoms with Crippen molar-refractivity contribution in [2.24, 2.45) is 0 Å². The van der Waals surface area contributed by atoms with E-state index in [0.29, 0.717) is 18.1 Å². The third-order valence-electron chi connectivity index (χ3n) is 3.15. The van der Waals surface area contributed by atoms with Gasteiger partial charge in [-0.25, -0.2) is 4.98 Å². The quantitative estimate of drug-likeness (QED) is 0.722. The van der Waals surface area contributed by atoms with E-state index in [2.05, 4.69) is 17.2 Å². The Labute approximate surface area is 126 Å². The highest BCUT2D eigenvalue weighted by atomic mass is 32.1. The lowest BCUT2D eigenvalue weighted by Crippen LogP contribution is -2.23. The molecule has 0 saturated heterocycles. The number of hydrogen-bond acceptors (Lipinski definition) is 4. The summed E-state index contributed by atoms with van der Waals surface area (Å²) in [5.41, 5.74) is 0.947. The average molecular weight is 300 g/mol. The van der Waals surface area contributed by atoms with E-state index in [1.165, 1.54) is 0 Å². The molecule has 1 N–H and O–H groups in total. The number of fused-ring (bicyclic) bond motifs is 1. The summed E-state index contributed by atoms with van der Waals surface area (Å²) in [6.07, 6.45) is 2.02. The number of aromatic nitrogens is 1. The number of rotatable bonds is 5. The zero-order valence-electron chi connectivity index (χ0n) is 11.8. The lowest BCUT2D eigenvalue weighted by atomic mass is 10.3. The Morgan fingerprint density at radius 1 is 1.29 bits per heavy atom. The third-order valence-corrected chi connectivity index (χ3v) is 4.20. The molecule has 0 aliphatic rings. The summed E-state index contributed by atoms with van der Waals surface area (Å²) in [7, 11) is 0. The Morgan fingerprint density at radius 2 is 2.14 bits per heavy atom. The molecule has 108 valence electrons. The highest BCUT2D eigenvalue weighted by molar-refractivity contribution is 7.21. The predicted molar refractivity (Wildman–Crippen MR) is 84.6 cm³/mol.